The highest BCUT2D eigenvalue weighted by Crippen LogP contribution is 2.58. The maximum Gasteiger partial charge on any atom is 0.0742 e. The summed E-state index contributed by atoms with van der Waals surface area (Å²) >= 11 is 0. The largest absolute Gasteiger partial charge is 0.310 e. The molecule has 1 heterocycles. The summed E-state index contributed by atoms with van der Waals surface area (Å²) in [4.78, 5) is 2.47. The van der Waals surface area contributed by atoms with E-state index in [-0.39, 0.29) is 0 Å². The maximum absolute atomic E-state index is 2.47. The monoisotopic (exact) mass is 637 g/mol. The van der Waals surface area contributed by atoms with Crippen LogP contribution in [0.1, 0.15) is 22.3 Å². The lowest BCUT2D eigenvalue weighted by Crippen LogP contribution is -2.37. The summed E-state index contributed by atoms with van der Waals surface area (Å²) in [7, 11) is 0. The van der Waals surface area contributed by atoms with Gasteiger partial charge in [-0.3, -0.25) is 0 Å². The Morgan fingerprint density at radius 2 is 0.600 bits per heavy atom. The Morgan fingerprint density at radius 3 is 1.00 bits per heavy atom. The molecule has 0 aromatic heterocycles. The second kappa shape index (κ2) is 12.5. The molecule has 8 aromatic rings. The highest BCUT2D eigenvalue weighted by atomic mass is 15.2. The molecule has 0 fully saturated rings. The normalized spacial score (nSPS) is 12.9. The topological polar surface area (TPSA) is 3.24 Å². The quantitative estimate of drug-likeness (QED) is 0.175. The van der Waals surface area contributed by atoms with Crippen LogP contribution in [-0.4, -0.2) is 0 Å². The molecule has 0 atom stereocenters. The zero-order valence-electron chi connectivity index (χ0n) is 27.7. The molecule has 0 bridgehead atoms. The first-order valence-corrected chi connectivity index (χ1v) is 17.3. The van der Waals surface area contributed by atoms with Crippen molar-refractivity contribution in [2.45, 2.75) is 5.41 Å². The highest BCUT2D eigenvalue weighted by Gasteiger charge is 2.46. The molecule has 50 heavy (non-hydrogen) atoms. The van der Waals surface area contributed by atoms with Gasteiger partial charge in [-0.1, -0.05) is 176 Å². The number of anilines is 3. The van der Waals surface area contributed by atoms with Crippen molar-refractivity contribution in [3.05, 3.63) is 235 Å². The lowest BCUT2D eigenvalue weighted by Gasteiger charge is -2.47. The Hall–Kier alpha value is -6.44. The Balaban J connectivity index is 1.38. The van der Waals surface area contributed by atoms with Crippen molar-refractivity contribution < 1.29 is 0 Å². The van der Waals surface area contributed by atoms with Gasteiger partial charge in [0, 0.05) is 5.69 Å². The fraction of sp³-hybridized carbons (Fsp3) is 0.0204. The lowest BCUT2D eigenvalue weighted by atomic mass is 9.62. The van der Waals surface area contributed by atoms with Crippen LogP contribution in [0.25, 0.3) is 33.4 Å². The Labute approximate surface area is 294 Å². The van der Waals surface area contributed by atoms with E-state index in [1.54, 1.807) is 0 Å². The summed E-state index contributed by atoms with van der Waals surface area (Å²) in [5.74, 6) is 0. The lowest BCUT2D eigenvalue weighted by molar-refractivity contribution is 0.732. The minimum Gasteiger partial charge on any atom is -0.310 e. The van der Waals surface area contributed by atoms with Gasteiger partial charge >= 0.3 is 0 Å². The first-order chi connectivity index (χ1) is 24.8. The molecule has 0 spiro atoms. The van der Waals surface area contributed by atoms with Gasteiger partial charge in [0.15, 0.2) is 0 Å². The van der Waals surface area contributed by atoms with E-state index in [0.717, 1.165) is 5.69 Å². The van der Waals surface area contributed by atoms with Crippen LogP contribution in [0.5, 0.6) is 0 Å². The molecule has 0 saturated carbocycles. The average Bonchev–Trinajstić information content (AvgIpc) is 3.21. The molecular weight excluding hydrogens is 603 g/mol. The molecule has 0 N–H and O–H groups in total. The molecule has 1 nitrogen and oxygen atoms in total. The van der Waals surface area contributed by atoms with Crippen molar-refractivity contribution in [3.8, 4) is 33.4 Å². The van der Waals surface area contributed by atoms with Crippen molar-refractivity contribution in [2.24, 2.45) is 0 Å². The third kappa shape index (κ3) is 4.95. The van der Waals surface area contributed by atoms with Gasteiger partial charge in [0.05, 0.1) is 16.8 Å². The van der Waals surface area contributed by atoms with Crippen molar-refractivity contribution in [1.29, 1.82) is 0 Å². The van der Waals surface area contributed by atoms with Crippen molar-refractivity contribution in [2.75, 3.05) is 4.90 Å². The van der Waals surface area contributed by atoms with E-state index in [2.05, 4.69) is 217 Å². The number of nitrogens with zero attached hydrogens (tertiary/aromatic N) is 1. The second-order valence-corrected chi connectivity index (χ2v) is 12.9. The Bertz CT molecular complexity index is 2250. The van der Waals surface area contributed by atoms with Gasteiger partial charge in [-0.05, 0) is 92.0 Å². The standard InChI is InChI=1S/C49H35N/c1-6-16-36(17-7-1)39-26-30-44(31-27-39)50-47-32-28-40(37-18-8-2-9-19-37)34-45(47)49(42-22-12-4-13-23-42,43-24-14-5-15-25-43)46-35-41(29-33-48(46)50)38-20-10-3-11-21-38/h1-35H. The number of rotatable bonds is 6. The molecule has 1 heteroatoms. The number of fused-ring (bicyclic) bond motifs is 2. The van der Waals surface area contributed by atoms with Gasteiger partial charge in [-0.2, -0.15) is 0 Å². The zero-order valence-corrected chi connectivity index (χ0v) is 27.7. The molecule has 1 aliphatic rings. The highest BCUT2D eigenvalue weighted by molar-refractivity contribution is 5.92. The SMILES string of the molecule is c1ccc(-c2ccc(N3c4ccc(-c5ccccc5)cc4C(c4ccccc4)(c4ccccc4)c4cc(-c5ccccc5)ccc43)cc2)cc1. The molecule has 0 saturated heterocycles. The van der Waals surface area contributed by atoms with Crippen LogP contribution in [0.2, 0.25) is 0 Å². The second-order valence-electron chi connectivity index (χ2n) is 12.9. The van der Waals surface area contributed by atoms with Crippen LogP contribution in [0.3, 0.4) is 0 Å². The first kappa shape index (κ1) is 29.7. The van der Waals surface area contributed by atoms with E-state index in [1.165, 1.54) is 67.0 Å². The summed E-state index contributed by atoms with van der Waals surface area (Å²) in [6, 6.07) is 77.4. The first-order valence-electron chi connectivity index (χ1n) is 17.3. The summed E-state index contributed by atoms with van der Waals surface area (Å²) < 4.78 is 0. The molecule has 0 unspecified atom stereocenters. The molecule has 236 valence electrons. The van der Waals surface area contributed by atoms with Crippen molar-refractivity contribution >= 4 is 17.1 Å². The van der Waals surface area contributed by atoms with Crippen LogP contribution in [-0.2, 0) is 5.41 Å². The Morgan fingerprint density at radius 1 is 0.280 bits per heavy atom. The molecule has 1 aliphatic heterocycles. The van der Waals surface area contributed by atoms with E-state index < -0.39 is 5.41 Å². The number of hydrogen-bond donors (Lipinski definition) is 0. The summed E-state index contributed by atoms with van der Waals surface area (Å²) in [5, 5.41) is 0. The van der Waals surface area contributed by atoms with E-state index >= 15 is 0 Å². The molecule has 9 rings (SSSR count). The van der Waals surface area contributed by atoms with E-state index in [0.29, 0.717) is 0 Å². The average molecular weight is 638 g/mol. The third-order valence-corrected chi connectivity index (χ3v) is 10.1. The molecule has 0 aliphatic carbocycles. The van der Waals surface area contributed by atoms with Crippen molar-refractivity contribution in [3.63, 3.8) is 0 Å². The predicted octanol–water partition coefficient (Wildman–Crippen LogP) is 12.9. The summed E-state index contributed by atoms with van der Waals surface area (Å²) in [6.07, 6.45) is 0. The fourth-order valence-electron chi connectivity index (χ4n) is 7.83. The maximum atomic E-state index is 2.47. The summed E-state index contributed by atoms with van der Waals surface area (Å²) in [5.41, 5.74) is 15.1. The molecule has 0 radical (unpaired) electrons. The fourth-order valence-corrected chi connectivity index (χ4v) is 7.83. The Kier molecular flexibility index (Phi) is 7.44. The zero-order chi connectivity index (χ0) is 33.3. The predicted molar refractivity (Wildman–Crippen MR) is 209 cm³/mol. The van der Waals surface area contributed by atoms with Crippen LogP contribution in [0.4, 0.5) is 17.1 Å². The minimum absolute atomic E-state index is 0.594. The van der Waals surface area contributed by atoms with Crippen LogP contribution in [0.15, 0.2) is 212 Å². The van der Waals surface area contributed by atoms with Gasteiger partial charge in [0.1, 0.15) is 0 Å². The molecule has 8 aromatic carbocycles. The van der Waals surface area contributed by atoms with E-state index in [1.807, 2.05) is 0 Å². The van der Waals surface area contributed by atoms with Gasteiger partial charge in [-0.25, -0.2) is 0 Å². The van der Waals surface area contributed by atoms with Crippen LogP contribution < -0.4 is 4.90 Å². The van der Waals surface area contributed by atoms with Crippen molar-refractivity contribution in [1.82, 2.24) is 0 Å². The van der Waals surface area contributed by atoms with Gasteiger partial charge < -0.3 is 4.90 Å². The number of benzene rings is 8. The molecule has 0 amide bonds. The smallest absolute Gasteiger partial charge is 0.0742 e. The van der Waals surface area contributed by atoms with Crippen LogP contribution in [0, 0.1) is 0 Å². The molecular formula is C49H35N. The third-order valence-electron chi connectivity index (χ3n) is 10.1. The van der Waals surface area contributed by atoms with Gasteiger partial charge in [0.25, 0.3) is 0 Å². The van der Waals surface area contributed by atoms with Gasteiger partial charge in [0.2, 0.25) is 0 Å². The summed E-state index contributed by atoms with van der Waals surface area (Å²) in [6.45, 7) is 0. The van der Waals surface area contributed by atoms with Gasteiger partial charge in [-0.15, -0.1) is 0 Å². The van der Waals surface area contributed by atoms with E-state index in [9.17, 15) is 0 Å². The number of hydrogen-bond acceptors (Lipinski definition) is 1. The van der Waals surface area contributed by atoms with E-state index in [4.69, 9.17) is 0 Å². The minimum atomic E-state index is -0.594. The van der Waals surface area contributed by atoms with Crippen LogP contribution >= 0.6 is 0 Å².